The number of rotatable bonds is 7. The molecule has 0 radical (unpaired) electrons. The smallest absolute Gasteiger partial charge is 0.146 e. The van der Waals surface area contributed by atoms with Gasteiger partial charge in [0.15, 0.2) is 0 Å². The summed E-state index contributed by atoms with van der Waals surface area (Å²) in [5.41, 5.74) is 7.60. The van der Waals surface area contributed by atoms with Gasteiger partial charge in [-0.15, -0.1) is 5.54 Å². The van der Waals surface area contributed by atoms with Crippen LogP contribution in [-0.4, -0.2) is 13.2 Å². The van der Waals surface area contributed by atoms with Crippen LogP contribution in [0, 0.1) is 11.5 Å². The summed E-state index contributed by atoms with van der Waals surface area (Å²) in [4.78, 5) is 0. The molecule has 2 atom stereocenters. The first-order valence-corrected chi connectivity index (χ1v) is 13.0. The molecule has 0 spiro atoms. The molecule has 0 heterocycles. The topological polar surface area (TPSA) is 20.2 Å². The maximum absolute atomic E-state index is 11.1. The maximum atomic E-state index is 11.1. The van der Waals surface area contributed by atoms with E-state index in [-0.39, 0.29) is 5.92 Å². The van der Waals surface area contributed by atoms with Gasteiger partial charge in [-0.2, -0.15) is 0 Å². The molecule has 0 saturated carbocycles. The molecule has 2 rings (SSSR count). The summed E-state index contributed by atoms with van der Waals surface area (Å²) in [5, 5.41) is 11.1. The molecule has 0 fully saturated rings. The minimum Gasteiger partial charge on any atom is -0.387 e. The van der Waals surface area contributed by atoms with Gasteiger partial charge in [0.05, 0.1) is 6.10 Å². The highest BCUT2D eigenvalue weighted by Crippen LogP contribution is 2.40. The second kappa shape index (κ2) is 10.6. The van der Waals surface area contributed by atoms with Crippen LogP contribution in [0.2, 0.25) is 16.6 Å². The third-order valence-corrected chi connectivity index (χ3v) is 12.5. The van der Waals surface area contributed by atoms with Crippen LogP contribution in [-0.2, 0) is 0 Å². The van der Waals surface area contributed by atoms with Crippen molar-refractivity contribution >= 4 is 8.07 Å². The van der Waals surface area contributed by atoms with Crippen LogP contribution in [0.25, 0.3) is 0 Å². The number of benzene rings is 2. The molecular formula is C27H36OSi. The molecule has 2 aromatic rings. The Morgan fingerprint density at radius 2 is 1.17 bits per heavy atom. The minimum atomic E-state index is -1.74. The summed E-state index contributed by atoms with van der Waals surface area (Å²) < 4.78 is 0. The molecule has 2 heteroatoms. The summed E-state index contributed by atoms with van der Waals surface area (Å²) in [6.07, 6.45) is 3.44. The van der Waals surface area contributed by atoms with E-state index in [2.05, 4.69) is 71.2 Å². The molecule has 0 unspecified atom stereocenters. The SMILES string of the molecule is CC(C)[Si](C#C/C=C\[C@H](c1ccccc1)[C@H](O)c1ccccc1)(C(C)C)C(C)C. The highest BCUT2D eigenvalue weighted by Gasteiger charge is 2.41. The van der Waals surface area contributed by atoms with Crippen LogP contribution in [0.1, 0.15) is 64.7 Å². The normalized spacial score (nSPS) is 14.3. The number of hydrogen-bond donors (Lipinski definition) is 1. The molecule has 0 saturated heterocycles. The molecule has 29 heavy (non-hydrogen) atoms. The lowest BCUT2D eigenvalue weighted by Gasteiger charge is -2.38. The van der Waals surface area contributed by atoms with E-state index < -0.39 is 14.2 Å². The predicted molar refractivity (Wildman–Crippen MR) is 129 cm³/mol. The van der Waals surface area contributed by atoms with Gasteiger partial charge < -0.3 is 5.11 Å². The molecule has 0 aromatic heterocycles. The fraction of sp³-hybridized carbons (Fsp3) is 0.407. The fourth-order valence-electron chi connectivity index (χ4n) is 4.68. The zero-order chi connectivity index (χ0) is 21.4. The molecule has 2 aromatic carbocycles. The van der Waals surface area contributed by atoms with Gasteiger partial charge in [-0.3, -0.25) is 0 Å². The van der Waals surface area contributed by atoms with Gasteiger partial charge in [-0.25, -0.2) is 0 Å². The Morgan fingerprint density at radius 1 is 0.724 bits per heavy atom. The summed E-state index contributed by atoms with van der Waals surface area (Å²) in [7, 11) is -1.74. The van der Waals surface area contributed by atoms with Gasteiger partial charge >= 0.3 is 0 Å². The summed E-state index contributed by atoms with van der Waals surface area (Å²) in [6, 6.07) is 20.1. The van der Waals surface area contributed by atoms with Crippen molar-refractivity contribution in [1.29, 1.82) is 0 Å². The quantitative estimate of drug-likeness (QED) is 0.380. The van der Waals surface area contributed by atoms with Crippen molar-refractivity contribution in [2.75, 3.05) is 0 Å². The molecule has 0 aliphatic carbocycles. The highest BCUT2D eigenvalue weighted by atomic mass is 28.3. The van der Waals surface area contributed by atoms with Crippen molar-refractivity contribution in [3.8, 4) is 11.5 Å². The van der Waals surface area contributed by atoms with Gasteiger partial charge in [-0.05, 0) is 33.8 Å². The van der Waals surface area contributed by atoms with Crippen LogP contribution in [0.3, 0.4) is 0 Å². The van der Waals surface area contributed by atoms with Gasteiger partial charge in [0.25, 0.3) is 0 Å². The molecular weight excluding hydrogens is 368 g/mol. The van der Waals surface area contributed by atoms with Gasteiger partial charge in [0.1, 0.15) is 8.07 Å². The summed E-state index contributed by atoms with van der Waals surface area (Å²) in [6.45, 7) is 14.0. The van der Waals surface area contributed by atoms with E-state index in [9.17, 15) is 5.11 Å². The first kappa shape index (κ1) is 23.2. The van der Waals surface area contributed by atoms with E-state index in [0.29, 0.717) is 16.6 Å². The maximum Gasteiger partial charge on any atom is 0.146 e. The zero-order valence-electron chi connectivity index (χ0n) is 18.8. The van der Waals surface area contributed by atoms with Gasteiger partial charge in [0.2, 0.25) is 0 Å². The lowest BCUT2D eigenvalue weighted by Crippen LogP contribution is -2.43. The van der Waals surface area contributed by atoms with Crippen molar-refractivity contribution in [3.05, 3.63) is 83.9 Å². The number of allylic oxidation sites excluding steroid dienone is 1. The Morgan fingerprint density at radius 3 is 1.62 bits per heavy atom. The second-order valence-electron chi connectivity index (χ2n) is 8.82. The third kappa shape index (κ3) is 5.50. The van der Waals surface area contributed by atoms with Crippen molar-refractivity contribution in [1.82, 2.24) is 0 Å². The molecule has 0 aliphatic rings. The number of hydrogen-bond acceptors (Lipinski definition) is 1. The molecule has 0 aliphatic heterocycles. The molecule has 1 N–H and O–H groups in total. The number of aliphatic hydroxyl groups is 1. The van der Waals surface area contributed by atoms with E-state index in [0.717, 1.165) is 11.1 Å². The third-order valence-electron chi connectivity index (χ3n) is 6.21. The average molecular weight is 405 g/mol. The first-order chi connectivity index (χ1) is 13.8. The van der Waals surface area contributed by atoms with E-state index >= 15 is 0 Å². The van der Waals surface area contributed by atoms with Crippen molar-refractivity contribution < 1.29 is 5.11 Å². The molecule has 154 valence electrons. The van der Waals surface area contributed by atoms with Gasteiger partial charge in [0, 0.05) is 5.92 Å². The average Bonchev–Trinajstić information content (AvgIpc) is 2.71. The van der Waals surface area contributed by atoms with Crippen LogP contribution in [0.5, 0.6) is 0 Å². The Labute approximate surface area is 178 Å². The van der Waals surface area contributed by atoms with Crippen LogP contribution >= 0.6 is 0 Å². The van der Waals surface area contributed by atoms with E-state index in [1.54, 1.807) is 0 Å². The predicted octanol–water partition coefficient (Wildman–Crippen LogP) is 7.28. The minimum absolute atomic E-state index is 0.124. The second-order valence-corrected chi connectivity index (χ2v) is 14.4. The number of aliphatic hydroxyl groups excluding tert-OH is 1. The van der Waals surface area contributed by atoms with Crippen molar-refractivity contribution in [2.45, 2.75) is 70.2 Å². The van der Waals surface area contributed by atoms with E-state index in [1.165, 1.54) is 0 Å². The Hall–Kier alpha value is -2.08. The lowest BCUT2D eigenvalue weighted by molar-refractivity contribution is 0.162. The van der Waals surface area contributed by atoms with Crippen molar-refractivity contribution in [3.63, 3.8) is 0 Å². The van der Waals surface area contributed by atoms with Crippen LogP contribution < -0.4 is 0 Å². The van der Waals surface area contributed by atoms with Crippen LogP contribution in [0.4, 0.5) is 0 Å². The molecule has 1 nitrogen and oxygen atoms in total. The first-order valence-electron chi connectivity index (χ1n) is 10.8. The Balaban J connectivity index is 2.38. The molecule has 0 bridgehead atoms. The summed E-state index contributed by atoms with van der Waals surface area (Å²) >= 11 is 0. The molecule has 0 amide bonds. The largest absolute Gasteiger partial charge is 0.387 e. The van der Waals surface area contributed by atoms with Crippen LogP contribution in [0.15, 0.2) is 72.8 Å². The fourth-order valence-corrected chi connectivity index (χ4v) is 9.88. The van der Waals surface area contributed by atoms with E-state index in [4.69, 9.17) is 0 Å². The standard InChI is InChI=1S/C27H36OSi/c1-21(2)29(22(3)4,23(5)6)20-14-13-19-26(24-15-9-7-10-16-24)27(28)25-17-11-8-12-18-25/h7-13,15-19,21-23,26-28H,1-6H3/b19-13-/t26-,27-/m1/s1. The summed E-state index contributed by atoms with van der Waals surface area (Å²) in [5.74, 6) is 3.27. The van der Waals surface area contributed by atoms with Crippen molar-refractivity contribution in [2.24, 2.45) is 0 Å². The highest BCUT2D eigenvalue weighted by molar-refractivity contribution is 6.90. The monoisotopic (exact) mass is 404 g/mol. The lowest BCUT2D eigenvalue weighted by atomic mass is 9.89. The van der Waals surface area contributed by atoms with E-state index in [1.807, 2.05) is 54.6 Å². The Kier molecular flexibility index (Phi) is 8.50. The van der Waals surface area contributed by atoms with Gasteiger partial charge in [-0.1, -0.05) is 114 Å². The Bertz CT molecular complexity index is 803. The zero-order valence-corrected chi connectivity index (χ0v) is 19.8.